The van der Waals surface area contributed by atoms with Gasteiger partial charge < -0.3 is 20.3 Å². The number of hydrogen-bond donors (Lipinski definition) is 3. The van der Waals surface area contributed by atoms with E-state index in [1.165, 1.54) is 270 Å². The van der Waals surface area contributed by atoms with E-state index in [4.69, 9.17) is 4.74 Å². The Labute approximate surface area is 479 Å². The average Bonchev–Trinajstić information content (AvgIpc) is 3.43. The highest BCUT2D eigenvalue weighted by Gasteiger charge is 2.18. The second-order valence-corrected chi connectivity index (χ2v) is 23.1. The van der Waals surface area contributed by atoms with E-state index in [-0.39, 0.29) is 18.5 Å². The van der Waals surface area contributed by atoms with E-state index in [1.54, 1.807) is 6.08 Å². The summed E-state index contributed by atoms with van der Waals surface area (Å²) in [7, 11) is 0. The molecular formula is C71H131NO5. The second-order valence-electron chi connectivity index (χ2n) is 23.1. The molecule has 3 N–H and O–H groups in total. The van der Waals surface area contributed by atoms with Crippen LogP contribution in [-0.2, 0) is 14.3 Å². The van der Waals surface area contributed by atoms with Crippen LogP contribution in [0.1, 0.15) is 354 Å². The Kier molecular flexibility index (Phi) is 64.0. The van der Waals surface area contributed by atoms with Crippen molar-refractivity contribution in [3.8, 4) is 0 Å². The minimum atomic E-state index is -0.843. The van der Waals surface area contributed by atoms with E-state index in [2.05, 4.69) is 67.8 Å². The zero-order valence-corrected chi connectivity index (χ0v) is 51.4. The fourth-order valence-electron chi connectivity index (χ4n) is 10.3. The molecule has 0 aromatic carbocycles. The molecular weight excluding hydrogens is 947 g/mol. The number of amides is 1. The first kappa shape index (κ1) is 74.6. The highest BCUT2D eigenvalue weighted by atomic mass is 16.5. The van der Waals surface area contributed by atoms with Crippen LogP contribution in [0.5, 0.6) is 0 Å². The summed E-state index contributed by atoms with van der Waals surface area (Å²) in [5, 5.41) is 23.0. The standard InChI is InChI=1S/C71H131NO5/c1-3-5-7-9-11-13-15-16-17-18-35-38-41-45-49-53-57-61-65-71(76)77-66-62-58-54-50-46-42-39-36-33-31-29-27-25-23-21-19-20-22-24-26-28-30-32-34-37-40-44-48-52-56-60-64-70(75)72-68(67-73)69(74)63-59-55-51-47-43-14-12-10-8-6-4-2/h13,15,17-18,21,23,27,29,59,63,68-69,73-74H,3-12,14,16,19-20,22,24-26,28,30-58,60-62,64-67H2,1-2H3,(H,72,75)/b15-13-,18-17-,23-21-,29-27-,63-59+. The number of aliphatic hydroxyl groups is 2. The van der Waals surface area contributed by atoms with Gasteiger partial charge in [0.05, 0.1) is 25.4 Å². The molecule has 1 amide bonds. The Bertz CT molecular complexity index is 1340. The molecule has 6 heteroatoms. The third-order valence-electron chi connectivity index (χ3n) is 15.5. The molecule has 0 aromatic heterocycles. The maximum atomic E-state index is 12.4. The molecule has 0 saturated carbocycles. The maximum absolute atomic E-state index is 12.4. The summed E-state index contributed by atoms with van der Waals surface area (Å²) < 4.78 is 5.49. The molecule has 0 heterocycles. The van der Waals surface area contributed by atoms with Crippen molar-refractivity contribution in [2.24, 2.45) is 0 Å². The molecule has 0 bridgehead atoms. The van der Waals surface area contributed by atoms with Crippen LogP contribution in [-0.4, -0.2) is 47.4 Å². The summed E-state index contributed by atoms with van der Waals surface area (Å²) in [6.07, 6.45) is 87.2. The van der Waals surface area contributed by atoms with Gasteiger partial charge in [-0.2, -0.15) is 0 Å². The van der Waals surface area contributed by atoms with Crippen molar-refractivity contribution in [3.63, 3.8) is 0 Å². The average molecular weight is 1080 g/mol. The van der Waals surface area contributed by atoms with Gasteiger partial charge in [0.15, 0.2) is 0 Å². The number of carbonyl (C=O) groups excluding carboxylic acids is 2. The third kappa shape index (κ3) is 62.6. The highest BCUT2D eigenvalue weighted by molar-refractivity contribution is 5.76. The van der Waals surface area contributed by atoms with E-state index in [1.807, 2.05) is 6.08 Å². The smallest absolute Gasteiger partial charge is 0.305 e. The number of esters is 1. The molecule has 0 radical (unpaired) electrons. The van der Waals surface area contributed by atoms with Crippen molar-refractivity contribution in [1.82, 2.24) is 5.32 Å². The number of hydrogen-bond acceptors (Lipinski definition) is 5. The lowest BCUT2D eigenvalue weighted by Gasteiger charge is -2.20. The summed E-state index contributed by atoms with van der Waals surface area (Å²) in [4.78, 5) is 24.5. The van der Waals surface area contributed by atoms with Crippen molar-refractivity contribution in [3.05, 3.63) is 60.8 Å². The van der Waals surface area contributed by atoms with Gasteiger partial charge in [-0.15, -0.1) is 0 Å². The molecule has 6 nitrogen and oxygen atoms in total. The first-order chi connectivity index (χ1) is 38.0. The number of nitrogens with one attached hydrogen (secondary N) is 1. The van der Waals surface area contributed by atoms with Gasteiger partial charge in [-0.25, -0.2) is 0 Å². The maximum Gasteiger partial charge on any atom is 0.305 e. The van der Waals surface area contributed by atoms with E-state index in [0.29, 0.717) is 19.4 Å². The molecule has 0 spiro atoms. The lowest BCUT2D eigenvalue weighted by Crippen LogP contribution is -2.45. The van der Waals surface area contributed by atoms with Gasteiger partial charge in [-0.05, 0) is 96.3 Å². The van der Waals surface area contributed by atoms with Crippen LogP contribution in [0.3, 0.4) is 0 Å². The van der Waals surface area contributed by atoms with Gasteiger partial charge in [0.2, 0.25) is 5.91 Å². The molecule has 0 aliphatic rings. The molecule has 0 fully saturated rings. The van der Waals surface area contributed by atoms with Crippen molar-refractivity contribution < 1.29 is 24.5 Å². The van der Waals surface area contributed by atoms with E-state index in [0.717, 1.165) is 57.8 Å². The first-order valence-electron chi connectivity index (χ1n) is 34.1. The van der Waals surface area contributed by atoms with Crippen molar-refractivity contribution in [2.75, 3.05) is 13.2 Å². The summed E-state index contributed by atoms with van der Waals surface area (Å²) >= 11 is 0. The predicted octanol–water partition coefficient (Wildman–Crippen LogP) is 21.9. The Morgan fingerprint density at radius 3 is 1.00 bits per heavy atom. The minimum Gasteiger partial charge on any atom is -0.466 e. The highest BCUT2D eigenvalue weighted by Crippen LogP contribution is 2.17. The van der Waals surface area contributed by atoms with Crippen LogP contribution >= 0.6 is 0 Å². The van der Waals surface area contributed by atoms with Crippen LogP contribution < -0.4 is 5.32 Å². The molecule has 0 aliphatic heterocycles. The van der Waals surface area contributed by atoms with Crippen LogP contribution in [0.15, 0.2) is 60.8 Å². The molecule has 0 aliphatic carbocycles. The van der Waals surface area contributed by atoms with Crippen LogP contribution in [0.2, 0.25) is 0 Å². The summed E-state index contributed by atoms with van der Waals surface area (Å²) in [6.45, 7) is 4.88. The van der Waals surface area contributed by atoms with Gasteiger partial charge in [0.1, 0.15) is 0 Å². The van der Waals surface area contributed by atoms with E-state index in [9.17, 15) is 19.8 Å². The van der Waals surface area contributed by atoms with Crippen molar-refractivity contribution in [2.45, 2.75) is 366 Å². The zero-order chi connectivity index (χ0) is 55.7. The Hall–Kier alpha value is -2.44. The quantitative estimate of drug-likeness (QED) is 0.0320. The van der Waals surface area contributed by atoms with Crippen molar-refractivity contribution in [1.29, 1.82) is 0 Å². The topological polar surface area (TPSA) is 95.9 Å². The molecule has 0 saturated heterocycles. The molecule has 0 rings (SSSR count). The van der Waals surface area contributed by atoms with Crippen LogP contribution in [0, 0.1) is 0 Å². The number of aliphatic hydroxyl groups excluding tert-OH is 2. The van der Waals surface area contributed by atoms with Gasteiger partial charge in [-0.1, -0.05) is 306 Å². The molecule has 450 valence electrons. The summed E-state index contributed by atoms with van der Waals surface area (Å²) in [5.41, 5.74) is 0. The molecule has 77 heavy (non-hydrogen) atoms. The largest absolute Gasteiger partial charge is 0.466 e. The summed E-state index contributed by atoms with van der Waals surface area (Å²) in [5.74, 6) is -0.0632. The van der Waals surface area contributed by atoms with E-state index >= 15 is 0 Å². The lowest BCUT2D eigenvalue weighted by molar-refractivity contribution is -0.143. The van der Waals surface area contributed by atoms with Gasteiger partial charge in [0.25, 0.3) is 0 Å². The second kappa shape index (κ2) is 66.1. The van der Waals surface area contributed by atoms with Crippen molar-refractivity contribution >= 4 is 11.9 Å². The van der Waals surface area contributed by atoms with Crippen LogP contribution in [0.4, 0.5) is 0 Å². The van der Waals surface area contributed by atoms with Crippen LogP contribution in [0.25, 0.3) is 0 Å². The summed E-state index contributed by atoms with van der Waals surface area (Å²) in [6, 6.07) is -0.627. The number of carbonyl (C=O) groups is 2. The normalized spacial score (nSPS) is 12.9. The number of unbranched alkanes of at least 4 members (excludes halogenated alkanes) is 44. The number of rotatable bonds is 63. The van der Waals surface area contributed by atoms with E-state index < -0.39 is 12.1 Å². The van der Waals surface area contributed by atoms with Gasteiger partial charge >= 0.3 is 5.97 Å². The Morgan fingerprint density at radius 1 is 0.364 bits per heavy atom. The molecule has 2 atom stereocenters. The predicted molar refractivity (Wildman–Crippen MR) is 338 cm³/mol. The zero-order valence-electron chi connectivity index (χ0n) is 51.4. The monoisotopic (exact) mass is 1080 g/mol. The SMILES string of the molecule is CCCCCC/C=C\C/C=C\CCCCCCCCCC(=O)OCCCCCCCCCCC/C=C\C/C=C\CCCCCCCCCCCCCCCCCC(=O)NC(CO)C(O)/C=C/CCCCCCCCCCC. The minimum absolute atomic E-state index is 0.00520. The lowest BCUT2D eigenvalue weighted by atomic mass is 10.0. The Morgan fingerprint density at radius 2 is 0.649 bits per heavy atom. The molecule has 2 unspecified atom stereocenters. The number of ether oxygens (including phenoxy) is 1. The number of allylic oxidation sites excluding steroid dienone is 9. The van der Waals surface area contributed by atoms with Gasteiger partial charge in [0, 0.05) is 12.8 Å². The third-order valence-corrected chi connectivity index (χ3v) is 15.5. The van der Waals surface area contributed by atoms with Gasteiger partial charge in [-0.3, -0.25) is 9.59 Å². The molecule has 0 aromatic rings. The Balaban J connectivity index is 3.39. The fraction of sp³-hybridized carbons (Fsp3) is 0.831. The first-order valence-corrected chi connectivity index (χ1v) is 34.1. The fourth-order valence-corrected chi connectivity index (χ4v) is 10.3.